The van der Waals surface area contributed by atoms with E-state index in [2.05, 4.69) is 4.52 Å². The van der Waals surface area contributed by atoms with Crippen LogP contribution in [0.3, 0.4) is 0 Å². The molecule has 0 fully saturated rings. The Bertz CT molecular complexity index is 474. The predicted octanol–water partition coefficient (Wildman–Crippen LogP) is -0.384. The minimum atomic E-state index is -4.58. The average molecular weight is 358 g/mol. The van der Waals surface area contributed by atoms with Crippen molar-refractivity contribution < 1.29 is 46.9 Å². The molecule has 0 heterocycles. The third kappa shape index (κ3) is 10.4. The van der Waals surface area contributed by atoms with Gasteiger partial charge in [0.1, 0.15) is 0 Å². The quantitative estimate of drug-likeness (QED) is 0.248. The van der Waals surface area contributed by atoms with Crippen LogP contribution in [0, 0.1) is 0 Å². The second kappa shape index (κ2) is 8.18. The molecule has 0 aromatic carbocycles. The lowest BCUT2D eigenvalue weighted by atomic mass is 10.4. The van der Waals surface area contributed by atoms with E-state index in [-0.39, 0.29) is 22.3 Å². The third-order valence-electron chi connectivity index (χ3n) is 2.83. The maximum Gasteiger partial charge on any atom is 0.474 e. The summed E-state index contributed by atoms with van der Waals surface area (Å²) in [4.78, 5) is 39.8. The number of esters is 2. The van der Waals surface area contributed by atoms with E-state index in [0.29, 0.717) is 6.67 Å². The van der Waals surface area contributed by atoms with E-state index >= 15 is 0 Å². The number of carbonyl (C=O) groups excluding carboxylic acids is 2. The molecule has 11 heteroatoms. The van der Waals surface area contributed by atoms with Gasteiger partial charge >= 0.3 is 19.8 Å². The highest BCUT2D eigenvalue weighted by molar-refractivity contribution is 7.46. The summed E-state index contributed by atoms with van der Waals surface area (Å²) in [6, 6.07) is 0. The Kier molecular flexibility index (Phi) is 7.82. The van der Waals surface area contributed by atoms with Crippen molar-refractivity contribution in [2.75, 3.05) is 48.2 Å². The van der Waals surface area contributed by atoms with Crippen LogP contribution in [0.4, 0.5) is 0 Å². The van der Waals surface area contributed by atoms with E-state index in [4.69, 9.17) is 19.3 Å². The second-order valence-corrected chi connectivity index (χ2v) is 7.71. The molecule has 136 valence electrons. The molecule has 0 saturated heterocycles. The summed E-state index contributed by atoms with van der Waals surface area (Å²) in [5, 5.41) is 0. The van der Waals surface area contributed by atoms with Crippen LogP contribution < -0.4 is 0 Å². The normalized spacial score (nSPS) is 14.3. The summed E-state index contributed by atoms with van der Waals surface area (Å²) >= 11 is 0. The lowest BCUT2D eigenvalue weighted by molar-refractivity contribution is -1.09. The van der Waals surface area contributed by atoms with Gasteiger partial charge in [-0.2, -0.15) is 0 Å². The number of hydrogen-bond donors (Lipinski definition) is 2. The lowest BCUT2D eigenvalue weighted by Gasteiger charge is -2.41. The molecule has 0 saturated carbocycles. The van der Waals surface area contributed by atoms with Gasteiger partial charge in [-0.1, -0.05) is 0 Å². The summed E-state index contributed by atoms with van der Waals surface area (Å²) in [5.74, 6) is -1.02. The molecule has 0 aromatic heterocycles. The fraction of sp³-hybridized carbons (Fsp3) is 0.833. The smallest absolute Gasteiger partial charge is 0.455 e. The van der Waals surface area contributed by atoms with Gasteiger partial charge in [0.05, 0.1) is 28.2 Å². The van der Waals surface area contributed by atoms with E-state index in [1.165, 1.54) is 13.8 Å². The molecular weight excluding hydrogens is 331 g/mol. The molecule has 23 heavy (non-hydrogen) atoms. The van der Waals surface area contributed by atoms with Crippen molar-refractivity contribution in [2.24, 2.45) is 0 Å². The molecular formula is C12H27N2O8P+2. The van der Waals surface area contributed by atoms with Crippen LogP contribution in [0.25, 0.3) is 0 Å². The van der Waals surface area contributed by atoms with Gasteiger partial charge in [-0.25, -0.2) is 13.6 Å². The van der Waals surface area contributed by atoms with E-state index in [1.54, 1.807) is 28.2 Å². The van der Waals surface area contributed by atoms with Gasteiger partial charge in [-0.3, -0.25) is 14.1 Å². The average Bonchev–Trinajstić information content (AvgIpc) is 2.29. The standard InChI is InChI=1S/C12H25N2O8P/c1-10(15)20-7-12(22-11(2)16)14(5,6)8-13(3,4)9-21-23(17,18)19/h12H,7-9H2,1-6H3/p+2. The first-order valence-corrected chi connectivity index (χ1v) is 8.33. The highest BCUT2D eigenvalue weighted by Crippen LogP contribution is 2.36. The molecule has 10 nitrogen and oxygen atoms in total. The van der Waals surface area contributed by atoms with E-state index in [0.717, 1.165) is 0 Å². The highest BCUT2D eigenvalue weighted by atomic mass is 31.2. The Morgan fingerprint density at radius 3 is 2.00 bits per heavy atom. The van der Waals surface area contributed by atoms with Gasteiger partial charge in [0.25, 0.3) is 6.23 Å². The predicted molar refractivity (Wildman–Crippen MR) is 79.3 cm³/mol. The number of carbonyl (C=O) groups is 2. The molecule has 0 aliphatic rings. The topological polar surface area (TPSA) is 119 Å². The van der Waals surface area contributed by atoms with Gasteiger partial charge in [0.2, 0.25) is 6.67 Å². The third-order valence-corrected chi connectivity index (χ3v) is 3.29. The molecule has 0 amide bonds. The number of quaternary nitrogens is 2. The molecule has 0 radical (unpaired) electrons. The molecule has 1 unspecified atom stereocenters. The first-order chi connectivity index (χ1) is 10.1. The van der Waals surface area contributed by atoms with Crippen molar-refractivity contribution in [3.8, 4) is 0 Å². The monoisotopic (exact) mass is 358 g/mol. The Morgan fingerprint density at radius 2 is 1.61 bits per heavy atom. The zero-order chi connectivity index (χ0) is 18.5. The molecule has 0 spiro atoms. The van der Waals surface area contributed by atoms with Crippen molar-refractivity contribution in [3.05, 3.63) is 0 Å². The second-order valence-electron chi connectivity index (χ2n) is 6.47. The van der Waals surface area contributed by atoms with Crippen molar-refractivity contribution >= 4 is 19.8 Å². The Labute approximate surface area is 135 Å². The van der Waals surface area contributed by atoms with Crippen molar-refractivity contribution in [1.82, 2.24) is 0 Å². The maximum atomic E-state index is 11.3. The molecule has 1 atom stereocenters. The van der Waals surface area contributed by atoms with Crippen LogP contribution in [-0.4, -0.2) is 85.1 Å². The zero-order valence-electron chi connectivity index (χ0n) is 14.4. The Morgan fingerprint density at radius 1 is 1.09 bits per heavy atom. The number of likely N-dealkylation sites (N-methyl/N-ethyl adjacent to an activating group) is 1. The fourth-order valence-corrected chi connectivity index (χ4v) is 2.57. The first-order valence-electron chi connectivity index (χ1n) is 6.80. The van der Waals surface area contributed by atoms with Crippen LogP contribution in [0.1, 0.15) is 13.8 Å². The molecule has 0 rings (SSSR count). The molecule has 0 aromatic rings. The van der Waals surface area contributed by atoms with E-state index in [9.17, 15) is 14.2 Å². The fourth-order valence-electron chi connectivity index (χ4n) is 2.11. The van der Waals surface area contributed by atoms with E-state index in [1.807, 2.05) is 0 Å². The summed E-state index contributed by atoms with van der Waals surface area (Å²) in [7, 11) is 2.31. The van der Waals surface area contributed by atoms with Crippen LogP contribution in [0.15, 0.2) is 0 Å². The van der Waals surface area contributed by atoms with Crippen LogP contribution >= 0.6 is 7.82 Å². The SMILES string of the molecule is CC(=O)OCC(OC(C)=O)[N+](C)(C)C[N+](C)(C)COP(=O)(O)O. The van der Waals surface area contributed by atoms with Crippen LogP contribution in [-0.2, 0) is 28.2 Å². The summed E-state index contributed by atoms with van der Waals surface area (Å²) in [6.45, 7) is 2.42. The van der Waals surface area contributed by atoms with Crippen molar-refractivity contribution in [1.29, 1.82) is 0 Å². The van der Waals surface area contributed by atoms with E-state index < -0.39 is 26.0 Å². The number of phosphoric acid groups is 1. The summed E-state index contributed by atoms with van der Waals surface area (Å²) < 4.78 is 25.7. The van der Waals surface area contributed by atoms with Gasteiger partial charge in [-0.05, 0) is 0 Å². The number of ether oxygens (including phenoxy) is 2. The Balaban J connectivity index is 5.00. The maximum absolute atomic E-state index is 11.3. The first kappa shape index (κ1) is 22.0. The molecule has 0 bridgehead atoms. The molecule has 0 aliphatic heterocycles. The van der Waals surface area contributed by atoms with Gasteiger partial charge < -0.3 is 19.3 Å². The lowest BCUT2D eigenvalue weighted by Crippen LogP contribution is -2.62. The number of rotatable bonds is 9. The van der Waals surface area contributed by atoms with Gasteiger partial charge in [0.15, 0.2) is 13.3 Å². The summed E-state index contributed by atoms with van der Waals surface area (Å²) in [6.07, 6.45) is -0.760. The van der Waals surface area contributed by atoms with Crippen LogP contribution in [0.2, 0.25) is 0 Å². The Hall–Kier alpha value is -1.03. The van der Waals surface area contributed by atoms with Gasteiger partial charge in [-0.15, -0.1) is 0 Å². The van der Waals surface area contributed by atoms with Crippen molar-refractivity contribution in [2.45, 2.75) is 20.1 Å². The summed E-state index contributed by atoms with van der Waals surface area (Å²) in [5.41, 5.74) is 0. The molecule has 2 N–H and O–H groups in total. The van der Waals surface area contributed by atoms with Gasteiger partial charge in [0, 0.05) is 13.8 Å². The van der Waals surface area contributed by atoms with Crippen LogP contribution in [0.5, 0.6) is 0 Å². The molecule has 0 aliphatic carbocycles. The number of nitrogens with zero attached hydrogens (tertiary/aromatic N) is 2. The minimum Gasteiger partial charge on any atom is -0.455 e. The number of hydrogen-bond acceptors (Lipinski definition) is 6. The minimum absolute atomic E-state index is 0.0793. The van der Waals surface area contributed by atoms with Crippen molar-refractivity contribution in [3.63, 3.8) is 0 Å². The zero-order valence-corrected chi connectivity index (χ0v) is 15.3. The largest absolute Gasteiger partial charge is 0.474 e. The number of phosphoric ester groups is 1. The highest BCUT2D eigenvalue weighted by Gasteiger charge is 2.39.